The molecule has 0 saturated heterocycles. The molecule has 0 saturated carbocycles. The zero-order valence-electron chi connectivity index (χ0n) is 10.2. The van der Waals surface area contributed by atoms with Crippen LogP contribution in [0.3, 0.4) is 0 Å². The molecule has 94 valence electrons. The molecule has 4 heteroatoms. The number of hydrogen-bond donors (Lipinski definition) is 2. The van der Waals surface area contributed by atoms with E-state index in [-0.39, 0.29) is 5.92 Å². The Labute approximate surface area is 101 Å². The number of carboxylic acid groups (broad SMARTS) is 1. The highest BCUT2D eigenvalue weighted by Crippen LogP contribution is 1.96. The molecular formula is C13H19NO3. The predicted molar refractivity (Wildman–Crippen MR) is 66.7 cm³/mol. The first-order valence-electron chi connectivity index (χ1n) is 5.45. The number of carbonyl (C=O) groups excluding carboxylic acids is 1. The third-order valence-electron chi connectivity index (χ3n) is 2.17. The topological polar surface area (TPSA) is 80.4 Å². The van der Waals surface area contributed by atoms with Crippen LogP contribution in [0.25, 0.3) is 0 Å². The summed E-state index contributed by atoms with van der Waals surface area (Å²) < 4.78 is 0. The molecule has 0 spiro atoms. The monoisotopic (exact) mass is 237 g/mol. The molecule has 0 amide bonds. The SMILES string of the molecule is CC(C)[C@H](N)C(=O)O.O=CCc1ccccc1. The fourth-order valence-electron chi connectivity index (χ4n) is 0.995. The van der Waals surface area contributed by atoms with E-state index in [0.29, 0.717) is 6.42 Å². The first-order valence-corrected chi connectivity index (χ1v) is 5.45. The zero-order valence-corrected chi connectivity index (χ0v) is 10.2. The van der Waals surface area contributed by atoms with Gasteiger partial charge in [0.15, 0.2) is 0 Å². The van der Waals surface area contributed by atoms with Gasteiger partial charge in [-0.15, -0.1) is 0 Å². The molecule has 4 nitrogen and oxygen atoms in total. The van der Waals surface area contributed by atoms with Crippen LogP contribution in [0.2, 0.25) is 0 Å². The molecule has 1 atom stereocenters. The van der Waals surface area contributed by atoms with Crippen LogP contribution >= 0.6 is 0 Å². The molecule has 3 N–H and O–H groups in total. The fraction of sp³-hybridized carbons (Fsp3) is 0.385. The second kappa shape index (κ2) is 8.47. The van der Waals surface area contributed by atoms with Crippen LogP contribution in [-0.4, -0.2) is 23.4 Å². The molecule has 0 bridgehead atoms. The van der Waals surface area contributed by atoms with E-state index in [2.05, 4.69) is 0 Å². The van der Waals surface area contributed by atoms with Crippen molar-refractivity contribution in [1.29, 1.82) is 0 Å². The summed E-state index contributed by atoms with van der Waals surface area (Å²) in [5.74, 6) is -0.910. The van der Waals surface area contributed by atoms with Crippen LogP contribution < -0.4 is 5.73 Å². The van der Waals surface area contributed by atoms with Gasteiger partial charge in [-0.2, -0.15) is 0 Å². The molecule has 1 aromatic carbocycles. The summed E-state index contributed by atoms with van der Waals surface area (Å²) in [6, 6.07) is 8.96. The van der Waals surface area contributed by atoms with Crippen molar-refractivity contribution in [1.82, 2.24) is 0 Å². The Bertz CT molecular complexity index is 336. The maximum absolute atomic E-state index is 10.0. The summed E-state index contributed by atoms with van der Waals surface area (Å²) in [6.45, 7) is 3.55. The Morgan fingerprint density at radius 2 is 1.88 bits per heavy atom. The van der Waals surface area contributed by atoms with Crippen molar-refractivity contribution in [3.8, 4) is 0 Å². The van der Waals surface area contributed by atoms with E-state index in [1.807, 2.05) is 30.3 Å². The van der Waals surface area contributed by atoms with Crippen molar-refractivity contribution in [2.24, 2.45) is 11.7 Å². The standard InChI is InChI=1S/C8H8O.C5H11NO2/c9-7-6-8-4-2-1-3-5-8;1-3(2)4(6)5(7)8/h1-5,7H,6H2;3-4H,6H2,1-2H3,(H,7,8)/t;4-/m.0/s1. The number of aldehydes is 1. The van der Waals surface area contributed by atoms with Crippen LogP contribution in [0.4, 0.5) is 0 Å². The van der Waals surface area contributed by atoms with Crippen molar-refractivity contribution in [3.63, 3.8) is 0 Å². The van der Waals surface area contributed by atoms with Gasteiger partial charge in [-0.25, -0.2) is 0 Å². The highest BCUT2D eigenvalue weighted by Gasteiger charge is 2.14. The molecule has 0 aliphatic heterocycles. The number of rotatable bonds is 4. The van der Waals surface area contributed by atoms with Gasteiger partial charge in [0.25, 0.3) is 0 Å². The molecule has 1 rings (SSSR count). The Morgan fingerprint density at radius 1 is 1.35 bits per heavy atom. The van der Waals surface area contributed by atoms with Crippen molar-refractivity contribution in [3.05, 3.63) is 35.9 Å². The van der Waals surface area contributed by atoms with Gasteiger partial charge in [0.2, 0.25) is 0 Å². The number of nitrogens with two attached hydrogens (primary N) is 1. The third-order valence-corrected chi connectivity index (χ3v) is 2.17. The largest absolute Gasteiger partial charge is 0.480 e. The first kappa shape index (κ1) is 15.3. The smallest absolute Gasteiger partial charge is 0.320 e. The minimum absolute atomic E-state index is 0.0208. The lowest BCUT2D eigenvalue weighted by atomic mass is 10.1. The van der Waals surface area contributed by atoms with E-state index in [9.17, 15) is 9.59 Å². The number of aliphatic carboxylic acids is 1. The van der Waals surface area contributed by atoms with Gasteiger partial charge in [0, 0.05) is 6.42 Å². The highest BCUT2D eigenvalue weighted by atomic mass is 16.4. The lowest BCUT2D eigenvalue weighted by Crippen LogP contribution is -2.34. The minimum atomic E-state index is -0.931. The van der Waals surface area contributed by atoms with Crippen LogP contribution in [0, 0.1) is 5.92 Å². The number of benzene rings is 1. The first-order chi connectivity index (χ1) is 7.99. The molecule has 0 unspecified atom stereocenters. The van der Waals surface area contributed by atoms with E-state index in [0.717, 1.165) is 11.8 Å². The number of hydrogen-bond acceptors (Lipinski definition) is 3. The van der Waals surface area contributed by atoms with E-state index in [1.165, 1.54) is 0 Å². The van der Waals surface area contributed by atoms with E-state index in [1.54, 1.807) is 13.8 Å². The maximum Gasteiger partial charge on any atom is 0.320 e. The van der Waals surface area contributed by atoms with Gasteiger partial charge < -0.3 is 15.6 Å². The van der Waals surface area contributed by atoms with Gasteiger partial charge in [0.1, 0.15) is 12.3 Å². The Kier molecular flexibility index (Phi) is 7.63. The predicted octanol–water partition coefficient (Wildman–Crippen LogP) is 1.48. The summed E-state index contributed by atoms with van der Waals surface area (Å²) in [4.78, 5) is 20.0. The summed E-state index contributed by atoms with van der Waals surface area (Å²) in [6.07, 6.45) is 1.44. The molecule has 1 aromatic rings. The van der Waals surface area contributed by atoms with Gasteiger partial charge in [-0.1, -0.05) is 44.2 Å². The van der Waals surface area contributed by atoms with Gasteiger partial charge >= 0.3 is 5.97 Å². The molecule has 17 heavy (non-hydrogen) atoms. The summed E-state index contributed by atoms with van der Waals surface area (Å²) in [5.41, 5.74) is 6.24. The molecule has 0 aromatic heterocycles. The van der Waals surface area contributed by atoms with Crippen LogP contribution in [-0.2, 0) is 16.0 Å². The highest BCUT2D eigenvalue weighted by molar-refractivity contribution is 5.73. The van der Waals surface area contributed by atoms with E-state index in [4.69, 9.17) is 10.8 Å². The average Bonchev–Trinajstić information content (AvgIpc) is 2.30. The number of carboxylic acids is 1. The molecule has 0 radical (unpaired) electrons. The molecule has 0 fully saturated rings. The van der Waals surface area contributed by atoms with Crippen LogP contribution in [0.1, 0.15) is 19.4 Å². The van der Waals surface area contributed by atoms with Gasteiger partial charge in [-0.05, 0) is 11.5 Å². The average molecular weight is 237 g/mol. The molecule has 0 heterocycles. The second-order valence-corrected chi connectivity index (χ2v) is 3.96. The van der Waals surface area contributed by atoms with Crippen LogP contribution in [0.15, 0.2) is 30.3 Å². The van der Waals surface area contributed by atoms with Crippen molar-refractivity contribution < 1.29 is 14.7 Å². The Balaban J connectivity index is 0.000000304. The second-order valence-electron chi connectivity index (χ2n) is 3.96. The minimum Gasteiger partial charge on any atom is -0.480 e. The lowest BCUT2D eigenvalue weighted by Gasteiger charge is -2.07. The van der Waals surface area contributed by atoms with Crippen molar-refractivity contribution >= 4 is 12.3 Å². The Morgan fingerprint density at radius 3 is 2.18 bits per heavy atom. The quantitative estimate of drug-likeness (QED) is 0.777. The fourth-order valence-corrected chi connectivity index (χ4v) is 0.995. The maximum atomic E-state index is 10.0. The lowest BCUT2D eigenvalue weighted by molar-refractivity contribution is -0.139. The van der Waals surface area contributed by atoms with Gasteiger partial charge in [0.05, 0.1) is 0 Å². The number of carbonyl (C=O) groups is 2. The van der Waals surface area contributed by atoms with E-state index < -0.39 is 12.0 Å². The normalized spacial score (nSPS) is 11.3. The van der Waals surface area contributed by atoms with Crippen LogP contribution in [0.5, 0.6) is 0 Å². The summed E-state index contributed by atoms with van der Waals surface area (Å²) in [7, 11) is 0. The van der Waals surface area contributed by atoms with E-state index >= 15 is 0 Å². The van der Waals surface area contributed by atoms with Crippen molar-refractivity contribution in [2.75, 3.05) is 0 Å². The zero-order chi connectivity index (χ0) is 13.3. The third kappa shape index (κ3) is 7.25. The molecule has 0 aliphatic carbocycles. The summed E-state index contributed by atoms with van der Waals surface area (Å²) in [5, 5.41) is 8.23. The Hall–Kier alpha value is -1.68. The van der Waals surface area contributed by atoms with Gasteiger partial charge in [-0.3, -0.25) is 4.79 Å². The molecule has 0 aliphatic rings. The van der Waals surface area contributed by atoms with Crippen molar-refractivity contribution in [2.45, 2.75) is 26.3 Å². The summed E-state index contributed by atoms with van der Waals surface area (Å²) >= 11 is 0. The molecular weight excluding hydrogens is 218 g/mol.